The Kier molecular flexibility index (Phi) is 4.97. The Morgan fingerprint density at radius 3 is 2.57 bits per heavy atom. The zero-order valence-electron chi connectivity index (χ0n) is 14.9. The minimum absolute atomic E-state index is 0.140. The van der Waals surface area contributed by atoms with E-state index in [4.69, 9.17) is 4.42 Å². The first-order valence-electron chi connectivity index (χ1n) is 8.72. The molecule has 1 N–H and O–H groups in total. The summed E-state index contributed by atoms with van der Waals surface area (Å²) in [5.74, 6) is -0.286. The fourth-order valence-electron chi connectivity index (χ4n) is 2.80. The van der Waals surface area contributed by atoms with Gasteiger partial charge in [0.1, 0.15) is 24.2 Å². The van der Waals surface area contributed by atoms with Crippen LogP contribution in [0.4, 0.5) is 4.39 Å². The molecule has 0 aliphatic carbocycles. The molecule has 2 heterocycles. The van der Waals surface area contributed by atoms with Crippen molar-refractivity contribution in [2.75, 3.05) is 0 Å². The number of hydrogen-bond donors (Lipinski definition) is 1. The Labute approximate surface area is 160 Å². The normalized spacial score (nSPS) is 10.8. The molecular weight excluding hydrogens is 359 g/mol. The lowest BCUT2D eigenvalue weighted by atomic mass is 10.1. The van der Waals surface area contributed by atoms with Gasteiger partial charge in [-0.1, -0.05) is 36.4 Å². The highest BCUT2D eigenvalue weighted by Gasteiger charge is 2.14. The maximum absolute atomic E-state index is 13.8. The van der Waals surface area contributed by atoms with E-state index in [1.165, 1.54) is 12.4 Å². The van der Waals surface area contributed by atoms with Crippen LogP contribution >= 0.6 is 0 Å². The maximum Gasteiger partial charge on any atom is 0.287 e. The summed E-state index contributed by atoms with van der Waals surface area (Å²) in [6, 6.07) is 17.3. The van der Waals surface area contributed by atoms with Gasteiger partial charge in [0.2, 0.25) is 0 Å². The van der Waals surface area contributed by atoms with E-state index < -0.39 is 5.82 Å². The van der Waals surface area contributed by atoms with Gasteiger partial charge >= 0.3 is 0 Å². The van der Waals surface area contributed by atoms with E-state index in [9.17, 15) is 9.18 Å². The maximum atomic E-state index is 13.8. The number of amides is 1. The van der Waals surface area contributed by atoms with Crippen LogP contribution in [0.15, 0.2) is 77.7 Å². The van der Waals surface area contributed by atoms with E-state index in [0.29, 0.717) is 24.4 Å². The number of rotatable bonds is 6. The lowest BCUT2D eigenvalue weighted by molar-refractivity contribution is 0.0924. The van der Waals surface area contributed by atoms with E-state index in [1.54, 1.807) is 41.3 Å². The van der Waals surface area contributed by atoms with Gasteiger partial charge in [-0.3, -0.25) is 4.79 Å². The molecule has 0 aliphatic heterocycles. The van der Waals surface area contributed by atoms with Gasteiger partial charge in [0.05, 0.1) is 12.1 Å². The summed E-state index contributed by atoms with van der Waals surface area (Å²) >= 11 is 0. The van der Waals surface area contributed by atoms with E-state index in [-0.39, 0.29) is 11.7 Å². The van der Waals surface area contributed by atoms with Crippen LogP contribution in [0.25, 0.3) is 11.3 Å². The number of aromatic nitrogens is 3. The van der Waals surface area contributed by atoms with Crippen molar-refractivity contribution >= 4 is 5.91 Å². The molecule has 28 heavy (non-hydrogen) atoms. The summed E-state index contributed by atoms with van der Waals surface area (Å²) in [7, 11) is 0. The summed E-state index contributed by atoms with van der Waals surface area (Å²) < 4.78 is 21.1. The van der Waals surface area contributed by atoms with Gasteiger partial charge in [-0.05, 0) is 35.4 Å². The van der Waals surface area contributed by atoms with E-state index in [0.717, 1.165) is 11.1 Å². The highest BCUT2D eigenvalue weighted by Crippen LogP contribution is 2.24. The average Bonchev–Trinajstić information content (AvgIpc) is 3.40. The monoisotopic (exact) mass is 376 g/mol. The van der Waals surface area contributed by atoms with Crippen LogP contribution in [0.5, 0.6) is 0 Å². The van der Waals surface area contributed by atoms with Crippen LogP contribution in [0, 0.1) is 5.82 Å². The smallest absolute Gasteiger partial charge is 0.287 e. The molecule has 6 nitrogen and oxygen atoms in total. The number of nitrogens with zero attached hydrogens (tertiary/aromatic N) is 3. The zero-order valence-corrected chi connectivity index (χ0v) is 14.9. The largest absolute Gasteiger partial charge is 0.451 e. The lowest BCUT2D eigenvalue weighted by Crippen LogP contribution is -2.22. The van der Waals surface area contributed by atoms with E-state index in [2.05, 4.69) is 15.4 Å². The van der Waals surface area contributed by atoms with Gasteiger partial charge in [-0.15, -0.1) is 0 Å². The second-order valence-electron chi connectivity index (χ2n) is 6.24. The molecule has 0 bridgehead atoms. The Balaban J connectivity index is 1.36. The molecular formula is C21H17FN4O2. The molecule has 0 spiro atoms. The molecule has 0 saturated heterocycles. The Morgan fingerprint density at radius 2 is 1.82 bits per heavy atom. The molecule has 2 aromatic heterocycles. The van der Waals surface area contributed by atoms with Crippen molar-refractivity contribution in [1.29, 1.82) is 0 Å². The quantitative estimate of drug-likeness (QED) is 0.557. The SMILES string of the molecule is O=C(NCc1ccc(Cn2cncn2)cc1)c1ccc(-c2ccccc2F)o1. The third-order valence-electron chi connectivity index (χ3n) is 4.26. The van der Waals surface area contributed by atoms with E-state index >= 15 is 0 Å². The molecule has 4 rings (SSSR count). The first kappa shape index (κ1) is 17.7. The molecule has 0 atom stereocenters. The van der Waals surface area contributed by atoms with Crippen molar-refractivity contribution in [3.05, 3.63) is 96.0 Å². The topological polar surface area (TPSA) is 73.0 Å². The van der Waals surface area contributed by atoms with Gasteiger partial charge in [0.15, 0.2) is 5.76 Å². The first-order chi connectivity index (χ1) is 13.7. The second kappa shape index (κ2) is 7.87. The number of halogens is 1. The van der Waals surface area contributed by atoms with E-state index in [1.807, 2.05) is 24.3 Å². The minimum Gasteiger partial charge on any atom is -0.451 e. The fourth-order valence-corrected chi connectivity index (χ4v) is 2.80. The zero-order chi connectivity index (χ0) is 19.3. The lowest BCUT2D eigenvalue weighted by Gasteiger charge is -2.06. The molecule has 7 heteroatoms. The van der Waals surface area contributed by atoms with Gasteiger partial charge in [0.25, 0.3) is 5.91 Å². The number of carbonyl (C=O) groups is 1. The summed E-state index contributed by atoms with van der Waals surface area (Å²) in [5.41, 5.74) is 2.36. The molecule has 0 radical (unpaired) electrons. The average molecular weight is 376 g/mol. The number of furan rings is 1. The Morgan fingerprint density at radius 1 is 1.04 bits per heavy atom. The molecule has 4 aromatic rings. The standard InChI is InChI=1S/C21H17FN4O2/c22-18-4-2-1-3-17(18)19-9-10-20(28-19)21(27)24-11-15-5-7-16(8-6-15)12-26-14-23-13-25-26/h1-10,13-14H,11-12H2,(H,24,27). The van der Waals surface area contributed by atoms with Crippen molar-refractivity contribution in [2.24, 2.45) is 0 Å². The predicted molar refractivity (Wildman–Crippen MR) is 101 cm³/mol. The molecule has 0 fully saturated rings. The summed E-state index contributed by atoms with van der Waals surface area (Å²) in [4.78, 5) is 16.2. The highest BCUT2D eigenvalue weighted by molar-refractivity contribution is 5.92. The van der Waals surface area contributed by atoms with Crippen LogP contribution in [-0.2, 0) is 13.1 Å². The van der Waals surface area contributed by atoms with Crippen molar-refractivity contribution in [2.45, 2.75) is 13.1 Å². The molecule has 0 saturated carbocycles. The van der Waals surface area contributed by atoms with Crippen molar-refractivity contribution in [3.63, 3.8) is 0 Å². The number of carbonyl (C=O) groups excluding carboxylic acids is 1. The van der Waals surface area contributed by atoms with Crippen LogP contribution < -0.4 is 5.32 Å². The van der Waals surface area contributed by atoms with Crippen molar-refractivity contribution < 1.29 is 13.6 Å². The predicted octanol–water partition coefficient (Wildman–Crippen LogP) is 3.66. The van der Waals surface area contributed by atoms with Gasteiger partial charge in [-0.2, -0.15) is 5.10 Å². The third kappa shape index (κ3) is 3.98. The number of nitrogens with one attached hydrogen (secondary N) is 1. The molecule has 0 aliphatic rings. The van der Waals surface area contributed by atoms with Gasteiger partial charge in [0, 0.05) is 6.54 Å². The summed E-state index contributed by atoms with van der Waals surface area (Å²) in [6.45, 7) is 0.996. The van der Waals surface area contributed by atoms with Crippen molar-refractivity contribution in [3.8, 4) is 11.3 Å². The third-order valence-corrected chi connectivity index (χ3v) is 4.26. The molecule has 2 aromatic carbocycles. The van der Waals surface area contributed by atoms with Gasteiger partial charge in [-0.25, -0.2) is 14.1 Å². The summed E-state index contributed by atoms with van der Waals surface area (Å²) in [5, 5.41) is 6.88. The molecule has 0 unspecified atom stereocenters. The molecule has 140 valence electrons. The van der Waals surface area contributed by atoms with Crippen LogP contribution in [0.3, 0.4) is 0 Å². The first-order valence-corrected chi connectivity index (χ1v) is 8.72. The second-order valence-corrected chi connectivity index (χ2v) is 6.24. The Bertz CT molecular complexity index is 1070. The highest BCUT2D eigenvalue weighted by atomic mass is 19.1. The van der Waals surface area contributed by atoms with Crippen LogP contribution in [0.1, 0.15) is 21.7 Å². The fraction of sp³-hybridized carbons (Fsp3) is 0.0952. The van der Waals surface area contributed by atoms with Crippen molar-refractivity contribution in [1.82, 2.24) is 20.1 Å². The van der Waals surface area contributed by atoms with Crippen LogP contribution in [0.2, 0.25) is 0 Å². The van der Waals surface area contributed by atoms with Crippen LogP contribution in [-0.4, -0.2) is 20.7 Å². The number of benzene rings is 2. The minimum atomic E-state index is -0.394. The Hall–Kier alpha value is -3.74. The summed E-state index contributed by atoms with van der Waals surface area (Å²) in [6.07, 6.45) is 3.16. The molecule has 1 amide bonds. The van der Waals surface area contributed by atoms with Gasteiger partial charge < -0.3 is 9.73 Å². The number of hydrogen-bond acceptors (Lipinski definition) is 4.